The van der Waals surface area contributed by atoms with E-state index in [9.17, 15) is 9.90 Å². The van der Waals surface area contributed by atoms with Gasteiger partial charge in [0.15, 0.2) is 0 Å². The lowest BCUT2D eigenvalue weighted by atomic mass is 9.47. The topological polar surface area (TPSA) is 49.8 Å². The lowest BCUT2D eigenvalue weighted by Gasteiger charge is -2.58. The van der Waals surface area contributed by atoms with Crippen LogP contribution < -0.4 is 4.90 Å². The molecule has 0 aromatic heterocycles. The van der Waals surface area contributed by atoms with E-state index in [4.69, 9.17) is 4.74 Å². The van der Waals surface area contributed by atoms with E-state index in [1.807, 2.05) is 4.90 Å². The summed E-state index contributed by atoms with van der Waals surface area (Å²) in [6, 6.07) is 6.37. The minimum absolute atomic E-state index is 0.00465. The molecule has 4 heteroatoms. The van der Waals surface area contributed by atoms with Gasteiger partial charge in [0, 0.05) is 11.6 Å². The van der Waals surface area contributed by atoms with Crippen LogP contribution in [-0.4, -0.2) is 30.0 Å². The highest BCUT2D eigenvalue weighted by molar-refractivity contribution is 5.90. The fraction of sp³-hybridized carbons (Fsp3) is 0.700. The standard InChI is InChI=1S/C30H41NO3/c1-18-13-19(2)15-21(14-18)31-17-27(34-28(31)33)26-8-7-24-23-6-5-20-16-22(32)9-11-29(20,3)25(23)10-12-30(24,26)4/h5,13-15,22-27,32H,6-12,16-17H2,1-4H3/t22-,23-,24-,25-,26+,27?,29-,30-/m0/s1. The van der Waals surface area contributed by atoms with E-state index < -0.39 is 0 Å². The van der Waals surface area contributed by atoms with E-state index in [1.165, 1.54) is 43.2 Å². The predicted octanol–water partition coefficient (Wildman–Crippen LogP) is 6.57. The molecule has 4 aliphatic carbocycles. The molecule has 4 nitrogen and oxygen atoms in total. The van der Waals surface area contributed by atoms with Crippen LogP contribution in [0.1, 0.15) is 76.3 Å². The smallest absolute Gasteiger partial charge is 0.414 e. The number of hydrogen-bond acceptors (Lipinski definition) is 3. The van der Waals surface area contributed by atoms with E-state index in [1.54, 1.807) is 5.57 Å². The third-order valence-electron chi connectivity index (χ3n) is 11.0. The summed E-state index contributed by atoms with van der Waals surface area (Å²) >= 11 is 0. The molecule has 0 bridgehead atoms. The maximum atomic E-state index is 13.0. The second-order valence-corrected chi connectivity index (χ2v) is 12.8. The number of nitrogens with zero attached hydrogens (tertiary/aromatic N) is 1. The molecule has 4 fully saturated rings. The fourth-order valence-electron chi connectivity index (χ4n) is 9.30. The summed E-state index contributed by atoms with van der Waals surface area (Å²) in [5.74, 6) is 2.64. The van der Waals surface area contributed by atoms with Crippen molar-refractivity contribution in [3.8, 4) is 0 Å². The number of rotatable bonds is 2. The van der Waals surface area contributed by atoms with Gasteiger partial charge in [0.1, 0.15) is 6.10 Å². The summed E-state index contributed by atoms with van der Waals surface area (Å²) in [5, 5.41) is 10.3. The van der Waals surface area contributed by atoms with Crippen LogP contribution >= 0.6 is 0 Å². The molecule has 1 aromatic carbocycles. The Hall–Kier alpha value is -1.81. The largest absolute Gasteiger partial charge is 0.444 e. The van der Waals surface area contributed by atoms with E-state index >= 15 is 0 Å². The summed E-state index contributed by atoms with van der Waals surface area (Å²) in [5.41, 5.74) is 5.42. The van der Waals surface area contributed by atoms with Crippen LogP contribution in [0.3, 0.4) is 0 Å². The Labute approximate surface area is 204 Å². The van der Waals surface area contributed by atoms with Gasteiger partial charge in [-0.05, 0) is 117 Å². The predicted molar refractivity (Wildman–Crippen MR) is 135 cm³/mol. The number of hydrogen-bond donors (Lipinski definition) is 1. The van der Waals surface area contributed by atoms with Gasteiger partial charge in [-0.1, -0.05) is 31.6 Å². The van der Waals surface area contributed by atoms with Crippen molar-refractivity contribution < 1.29 is 14.6 Å². The van der Waals surface area contributed by atoms with Gasteiger partial charge in [-0.25, -0.2) is 4.79 Å². The third-order valence-corrected chi connectivity index (χ3v) is 11.0. The van der Waals surface area contributed by atoms with E-state index in [-0.39, 0.29) is 29.1 Å². The molecule has 5 aliphatic rings. The SMILES string of the molecule is Cc1cc(C)cc(N2CC([C@H]3CC[C@H]4[C@@H]5CC=C6C[C@@H](O)CC[C@]6(C)[C@H]5CC[C@]34C)OC2=O)c1. The Morgan fingerprint density at radius 2 is 1.71 bits per heavy atom. The quantitative estimate of drug-likeness (QED) is 0.505. The van der Waals surface area contributed by atoms with Gasteiger partial charge in [0.25, 0.3) is 0 Å². The van der Waals surface area contributed by atoms with Gasteiger partial charge < -0.3 is 9.84 Å². The number of aliphatic hydroxyl groups is 1. The van der Waals surface area contributed by atoms with Gasteiger partial charge >= 0.3 is 6.09 Å². The Balaban J connectivity index is 1.23. The average molecular weight is 464 g/mol. The molecule has 1 aromatic rings. The molecule has 3 saturated carbocycles. The molecule has 184 valence electrons. The molecule has 0 spiro atoms. The molecule has 1 unspecified atom stereocenters. The number of carbonyl (C=O) groups is 1. The van der Waals surface area contributed by atoms with Crippen molar-refractivity contribution in [1.82, 2.24) is 0 Å². The lowest BCUT2D eigenvalue weighted by Crippen LogP contribution is -2.51. The Morgan fingerprint density at radius 1 is 0.971 bits per heavy atom. The van der Waals surface area contributed by atoms with Crippen molar-refractivity contribution in [1.29, 1.82) is 0 Å². The van der Waals surface area contributed by atoms with Crippen LogP contribution in [0.25, 0.3) is 0 Å². The van der Waals surface area contributed by atoms with Crippen molar-refractivity contribution in [2.75, 3.05) is 11.4 Å². The van der Waals surface area contributed by atoms with Crippen LogP contribution in [0, 0.1) is 48.3 Å². The van der Waals surface area contributed by atoms with Crippen LogP contribution in [0.5, 0.6) is 0 Å². The zero-order valence-corrected chi connectivity index (χ0v) is 21.3. The number of ether oxygens (including phenoxy) is 1. The lowest BCUT2D eigenvalue weighted by molar-refractivity contribution is -0.0657. The van der Waals surface area contributed by atoms with Crippen molar-refractivity contribution in [2.24, 2.45) is 34.5 Å². The number of aryl methyl sites for hydroxylation is 2. The molecular weight excluding hydrogens is 422 g/mol. The number of allylic oxidation sites excluding steroid dienone is 1. The molecule has 34 heavy (non-hydrogen) atoms. The second kappa shape index (κ2) is 7.85. The van der Waals surface area contributed by atoms with Crippen LogP contribution in [0.2, 0.25) is 0 Å². The van der Waals surface area contributed by atoms with Crippen LogP contribution in [0.15, 0.2) is 29.8 Å². The summed E-state index contributed by atoms with van der Waals surface area (Å²) in [4.78, 5) is 14.8. The molecule has 1 N–H and O–H groups in total. The number of anilines is 1. The second-order valence-electron chi connectivity index (χ2n) is 12.8. The monoisotopic (exact) mass is 463 g/mol. The van der Waals surface area contributed by atoms with Crippen LogP contribution in [0.4, 0.5) is 10.5 Å². The normalized spacial score (nSPS) is 43.6. The Kier molecular flexibility index (Phi) is 5.23. The zero-order chi connectivity index (χ0) is 23.8. The average Bonchev–Trinajstić information content (AvgIpc) is 3.33. The van der Waals surface area contributed by atoms with Crippen molar-refractivity contribution in [3.63, 3.8) is 0 Å². The van der Waals surface area contributed by atoms with Crippen LogP contribution in [-0.2, 0) is 4.74 Å². The molecule has 6 rings (SSSR count). The summed E-state index contributed by atoms with van der Waals surface area (Å²) in [6.45, 7) is 9.88. The number of cyclic esters (lactones) is 1. The Morgan fingerprint density at radius 3 is 2.47 bits per heavy atom. The van der Waals surface area contributed by atoms with Gasteiger partial charge in [0.2, 0.25) is 0 Å². The summed E-state index contributed by atoms with van der Waals surface area (Å²) in [6.07, 6.45) is 11.3. The van der Waals surface area contributed by atoms with Gasteiger partial charge in [-0.15, -0.1) is 0 Å². The summed E-state index contributed by atoms with van der Waals surface area (Å²) in [7, 11) is 0. The number of carbonyl (C=O) groups excluding carboxylic acids is 1. The van der Waals surface area contributed by atoms with E-state index in [2.05, 4.69) is 52.0 Å². The molecule has 1 amide bonds. The molecule has 0 radical (unpaired) electrons. The number of amides is 1. The maximum Gasteiger partial charge on any atom is 0.414 e. The molecule has 8 atom stereocenters. The highest BCUT2D eigenvalue weighted by Gasteiger charge is 2.61. The highest BCUT2D eigenvalue weighted by atomic mass is 16.6. The van der Waals surface area contributed by atoms with Crippen molar-refractivity contribution in [2.45, 2.75) is 91.3 Å². The first-order chi connectivity index (χ1) is 16.2. The van der Waals surface area contributed by atoms with Crippen molar-refractivity contribution >= 4 is 11.8 Å². The molecule has 1 heterocycles. The third kappa shape index (κ3) is 3.31. The van der Waals surface area contributed by atoms with Gasteiger partial charge in [-0.2, -0.15) is 0 Å². The minimum atomic E-state index is -0.172. The number of aliphatic hydroxyl groups excluding tert-OH is 1. The van der Waals surface area contributed by atoms with Crippen molar-refractivity contribution in [3.05, 3.63) is 41.0 Å². The van der Waals surface area contributed by atoms with Gasteiger partial charge in [0.05, 0.1) is 12.6 Å². The summed E-state index contributed by atoms with van der Waals surface area (Å²) < 4.78 is 6.11. The van der Waals surface area contributed by atoms with Gasteiger partial charge in [-0.3, -0.25) is 4.90 Å². The van der Waals surface area contributed by atoms with E-state index in [0.717, 1.165) is 36.8 Å². The first kappa shape index (κ1) is 22.6. The molecule has 1 aliphatic heterocycles. The Bertz CT molecular complexity index is 1010. The minimum Gasteiger partial charge on any atom is -0.444 e. The molecular formula is C30H41NO3. The first-order valence-corrected chi connectivity index (χ1v) is 13.6. The molecule has 1 saturated heterocycles. The number of fused-ring (bicyclic) bond motifs is 5. The van der Waals surface area contributed by atoms with E-state index in [0.29, 0.717) is 18.4 Å². The number of benzene rings is 1. The first-order valence-electron chi connectivity index (χ1n) is 13.6. The zero-order valence-electron chi connectivity index (χ0n) is 21.3. The fourth-order valence-corrected chi connectivity index (χ4v) is 9.30. The highest BCUT2D eigenvalue weighted by Crippen LogP contribution is 2.67. The maximum absolute atomic E-state index is 13.0.